The van der Waals surface area contributed by atoms with Gasteiger partial charge >= 0.3 is 0 Å². The number of benzene rings is 1. The van der Waals surface area contributed by atoms with Gasteiger partial charge in [0.25, 0.3) is 0 Å². The van der Waals surface area contributed by atoms with Gasteiger partial charge in [-0.1, -0.05) is 36.2 Å². The van der Waals surface area contributed by atoms with Crippen LogP contribution < -0.4 is 5.73 Å². The molecule has 0 aliphatic rings. The Kier molecular flexibility index (Phi) is 4.87. The summed E-state index contributed by atoms with van der Waals surface area (Å²) in [7, 11) is 0. The average Bonchev–Trinajstić information content (AvgIpc) is 2.43. The summed E-state index contributed by atoms with van der Waals surface area (Å²) in [5, 5.41) is 0.349. The van der Waals surface area contributed by atoms with Gasteiger partial charge in [-0.2, -0.15) is 0 Å². The zero-order valence-corrected chi connectivity index (χ0v) is 13.5. The summed E-state index contributed by atoms with van der Waals surface area (Å²) >= 11 is 11.9. The molecule has 0 amide bonds. The van der Waals surface area contributed by atoms with E-state index in [9.17, 15) is 4.39 Å². The van der Waals surface area contributed by atoms with Crippen molar-refractivity contribution in [2.75, 3.05) is 0 Å². The van der Waals surface area contributed by atoms with Gasteiger partial charge in [-0.05, 0) is 42.7 Å². The molecule has 0 saturated heterocycles. The largest absolute Gasteiger partial charge is 0.321 e. The first-order valence-electron chi connectivity index (χ1n) is 6.71. The van der Waals surface area contributed by atoms with E-state index in [1.807, 2.05) is 18.3 Å². The Hall–Kier alpha value is -1.16. The van der Waals surface area contributed by atoms with Crippen molar-refractivity contribution in [3.8, 4) is 0 Å². The Morgan fingerprint density at radius 3 is 2.52 bits per heavy atom. The molecule has 2 rings (SSSR count). The second kappa shape index (κ2) is 6.30. The number of nitrogens with two attached hydrogens (primary N) is 1. The highest BCUT2D eigenvalue weighted by Gasteiger charge is 2.26. The Morgan fingerprint density at radius 2 is 1.95 bits per heavy atom. The van der Waals surface area contributed by atoms with Gasteiger partial charge in [0.15, 0.2) is 0 Å². The minimum atomic E-state index is -0.830. The van der Waals surface area contributed by atoms with Crippen LogP contribution in [0.25, 0.3) is 0 Å². The zero-order chi connectivity index (χ0) is 15.6. The molecule has 0 radical (unpaired) electrons. The van der Waals surface area contributed by atoms with Crippen molar-refractivity contribution in [1.82, 2.24) is 4.98 Å². The minimum Gasteiger partial charge on any atom is -0.321 e. The van der Waals surface area contributed by atoms with Crippen LogP contribution in [0.2, 0.25) is 10.0 Å². The van der Waals surface area contributed by atoms with Gasteiger partial charge in [0.1, 0.15) is 5.82 Å². The standard InChI is InChI=1S/C16H17Cl2FN2/c1-3-10-4-5-11(21-9-10)8-16(2,20)12-6-15(19)14(18)7-13(12)17/h4-7,9H,3,8,20H2,1-2H3. The Morgan fingerprint density at radius 1 is 1.24 bits per heavy atom. The number of nitrogens with zero attached hydrogens (tertiary/aromatic N) is 1. The molecule has 5 heteroatoms. The van der Waals surface area contributed by atoms with Crippen LogP contribution in [0.5, 0.6) is 0 Å². The van der Waals surface area contributed by atoms with E-state index >= 15 is 0 Å². The summed E-state index contributed by atoms with van der Waals surface area (Å²) in [5.41, 5.74) is 8.01. The van der Waals surface area contributed by atoms with Crippen molar-refractivity contribution < 1.29 is 4.39 Å². The number of rotatable bonds is 4. The molecule has 0 aliphatic heterocycles. The summed E-state index contributed by atoms with van der Waals surface area (Å²) in [5.74, 6) is -0.526. The molecule has 21 heavy (non-hydrogen) atoms. The molecule has 0 aliphatic carbocycles. The second-order valence-corrected chi connectivity index (χ2v) is 6.17. The van der Waals surface area contributed by atoms with Crippen LogP contribution in [-0.4, -0.2) is 4.98 Å². The minimum absolute atomic E-state index is 0.00928. The predicted octanol–water partition coefficient (Wildman–Crippen LogP) is 4.51. The summed E-state index contributed by atoms with van der Waals surface area (Å²) < 4.78 is 13.7. The van der Waals surface area contributed by atoms with Crippen LogP contribution in [-0.2, 0) is 18.4 Å². The van der Waals surface area contributed by atoms with Crippen molar-refractivity contribution in [1.29, 1.82) is 0 Å². The number of aryl methyl sites for hydroxylation is 1. The fourth-order valence-electron chi connectivity index (χ4n) is 2.20. The van der Waals surface area contributed by atoms with E-state index < -0.39 is 11.4 Å². The molecular formula is C16H17Cl2FN2. The van der Waals surface area contributed by atoms with Crippen molar-refractivity contribution in [2.45, 2.75) is 32.2 Å². The van der Waals surface area contributed by atoms with E-state index in [-0.39, 0.29) is 5.02 Å². The molecule has 1 aromatic carbocycles. The third-order valence-electron chi connectivity index (χ3n) is 3.47. The number of hydrogen-bond donors (Lipinski definition) is 1. The van der Waals surface area contributed by atoms with E-state index in [0.717, 1.165) is 17.7 Å². The lowest BCUT2D eigenvalue weighted by Crippen LogP contribution is -2.36. The Balaban J connectivity index is 2.30. The van der Waals surface area contributed by atoms with Crippen LogP contribution in [0.1, 0.15) is 30.7 Å². The van der Waals surface area contributed by atoms with E-state index in [4.69, 9.17) is 28.9 Å². The maximum absolute atomic E-state index is 13.7. The monoisotopic (exact) mass is 326 g/mol. The molecule has 1 unspecified atom stereocenters. The summed E-state index contributed by atoms with van der Waals surface area (Å²) in [6, 6.07) is 6.63. The van der Waals surface area contributed by atoms with Gasteiger partial charge < -0.3 is 5.73 Å². The summed E-state index contributed by atoms with van der Waals surface area (Å²) in [6.07, 6.45) is 3.22. The van der Waals surface area contributed by atoms with Crippen molar-refractivity contribution >= 4 is 23.2 Å². The SMILES string of the molecule is CCc1ccc(CC(C)(N)c2cc(F)c(Cl)cc2Cl)nc1. The second-order valence-electron chi connectivity index (χ2n) is 5.35. The first-order chi connectivity index (χ1) is 9.83. The van der Waals surface area contributed by atoms with Crippen LogP contribution in [0.15, 0.2) is 30.5 Å². The van der Waals surface area contributed by atoms with Crippen molar-refractivity contribution in [3.63, 3.8) is 0 Å². The highest BCUT2D eigenvalue weighted by molar-refractivity contribution is 6.35. The van der Waals surface area contributed by atoms with E-state index in [1.54, 1.807) is 6.92 Å². The molecule has 2 N–H and O–H groups in total. The van der Waals surface area contributed by atoms with Gasteiger partial charge in [-0.25, -0.2) is 4.39 Å². The van der Waals surface area contributed by atoms with Crippen LogP contribution in [0.4, 0.5) is 4.39 Å². The van der Waals surface area contributed by atoms with Crippen LogP contribution in [0, 0.1) is 5.82 Å². The first-order valence-corrected chi connectivity index (χ1v) is 7.47. The van der Waals surface area contributed by atoms with Crippen molar-refractivity contribution in [2.24, 2.45) is 5.73 Å². The van der Waals surface area contributed by atoms with Gasteiger partial charge in [-0.3, -0.25) is 4.98 Å². The maximum atomic E-state index is 13.7. The maximum Gasteiger partial charge on any atom is 0.142 e. The van der Waals surface area contributed by atoms with Gasteiger partial charge in [0.05, 0.1) is 5.02 Å². The third-order valence-corrected chi connectivity index (χ3v) is 4.07. The van der Waals surface area contributed by atoms with Crippen LogP contribution >= 0.6 is 23.2 Å². The molecule has 2 nitrogen and oxygen atoms in total. The third kappa shape index (κ3) is 3.73. The average molecular weight is 327 g/mol. The van der Waals surface area contributed by atoms with E-state index in [1.165, 1.54) is 12.1 Å². The smallest absolute Gasteiger partial charge is 0.142 e. The molecular weight excluding hydrogens is 310 g/mol. The molecule has 0 saturated carbocycles. The van der Waals surface area contributed by atoms with Gasteiger partial charge in [-0.15, -0.1) is 0 Å². The highest BCUT2D eigenvalue weighted by Crippen LogP contribution is 2.32. The lowest BCUT2D eigenvalue weighted by atomic mass is 9.88. The van der Waals surface area contributed by atoms with Crippen LogP contribution in [0.3, 0.4) is 0 Å². The fourth-order valence-corrected chi connectivity index (χ4v) is 2.80. The molecule has 0 spiro atoms. The topological polar surface area (TPSA) is 38.9 Å². The first kappa shape index (κ1) is 16.2. The highest BCUT2D eigenvalue weighted by atomic mass is 35.5. The normalized spacial score (nSPS) is 14.0. The van der Waals surface area contributed by atoms with Gasteiger partial charge in [0, 0.05) is 28.9 Å². The summed E-state index contributed by atoms with van der Waals surface area (Å²) in [6.45, 7) is 3.87. The fraction of sp³-hybridized carbons (Fsp3) is 0.312. The molecule has 0 bridgehead atoms. The molecule has 2 aromatic rings. The Labute approximate surface area is 134 Å². The Bertz CT molecular complexity index is 639. The van der Waals surface area contributed by atoms with E-state index in [0.29, 0.717) is 17.0 Å². The number of halogens is 3. The number of hydrogen-bond acceptors (Lipinski definition) is 2. The lowest BCUT2D eigenvalue weighted by molar-refractivity contribution is 0.480. The van der Waals surface area contributed by atoms with Crippen molar-refractivity contribution in [3.05, 3.63) is 63.1 Å². The molecule has 112 valence electrons. The quantitative estimate of drug-likeness (QED) is 0.840. The molecule has 1 atom stereocenters. The number of pyridine rings is 1. The number of aromatic nitrogens is 1. The molecule has 1 aromatic heterocycles. The summed E-state index contributed by atoms with van der Waals surface area (Å²) in [4.78, 5) is 4.39. The zero-order valence-electron chi connectivity index (χ0n) is 12.0. The lowest BCUT2D eigenvalue weighted by Gasteiger charge is -2.26. The molecule has 0 fully saturated rings. The van der Waals surface area contributed by atoms with Gasteiger partial charge in [0.2, 0.25) is 0 Å². The predicted molar refractivity (Wildman–Crippen MR) is 85.3 cm³/mol. The van der Waals surface area contributed by atoms with E-state index in [2.05, 4.69) is 11.9 Å². The molecule has 1 heterocycles.